The highest BCUT2D eigenvalue weighted by molar-refractivity contribution is 7.92. The van der Waals surface area contributed by atoms with Crippen LogP contribution in [0.2, 0.25) is 0 Å². The summed E-state index contributed by atoms with van der Waals surface area (Å²) in [4.78, 5) is 12.3. The second-order valence-corrected chi connectivity index (χ2v) is 9.21. The molecule has 0 bridgehead atoms. The Morgan fingerprint density at radius 1 is 1.14 bits per heavy atom. The standard InChI is InChI=1S/C21H25FO5S/c1-5-27-20(23)21(2,28(4,24)25)13-12-15-6-11-18(19(14-15)26-3)16-7-9-17(22)10-8-16/h6-11,14H,5,12-13H2,1-4H3. The number of carbonyl (C=O) groups is 1. The van der Waals surface area contributed by atoms with Crippen LogP contribution < -0.4 is 4.74 Å². The molecule has 0 aliphatic carbocycles. The molecule has 0 fully saturated rings. The molecule has 1 unspecified atom stereocenters. The zero-order valence-corrected chi connectivity index (χ0v) is 17.3. The van der Waals surface area contributed by atoms with Crippen LogP contribution in [0.1, 0.15) is 25.8 Å². The molecule has 2 rings (SSSR count). The van der Waals surface area contributed by atoms with Gasteiger partial charge in [0.1, 0.15) is 11.6 Å². The molecule has 0 saturated heterocycles. The van der Waals surface area contributed by atoms with Crippen LogP contribution in [0.15, 0.2) is 42.5 Å². The summed E-state index contributed by atoms with van der Waals surface area (Å²) in [6.07, 6.45) is 1.48. The average molecular weight is 408 g/mol. The van der Waals surface area contributed by atoms with Crippen molar-refractivity contribution in [2.75, 3.05) is 20.0 Å². The Bertz CT molecular complexity index is 938. The molecule has 5 nitrogen and oxygen atoms in total. The smallest absolute Gasteiger partial charge is 0.327 e. The van der Waals surface area contributed by atoms with Crippen molar-refractivity contribution in [1.29, 1.82) is 0 Å². The molecule has 0 heterocycles. The number of aryl methyl sites for hydroxylation is 1. The quantitative estimate of drug-likeness (QED) is 0.622. The minimum Gasteiger partial charge on any atom is -0.496 e. The number of benzene rings is 2. The lowest BCUT2D eigenvalue weighted by Gasteiger charge is -2.25. The number of sulfone groups is 1. The molecule has 0 aliphatic heterocycles. The van der Waals surface area contributed by atoms with Gasteiger partial charge in [-0.15, -0.1) is 0 Å². The molecule has 0 spiro atoms. The van der Waals surface area contributed by atoms with Crippen molar-refractivity contribution in [2.45, 2.75) is 31.4 Å². The highest BCUT2D eigenvalue weighted by atomic mass is 32.2. The lowest BCUT2D eigenvalue weighted by Crippen LogP contribution is -2.44. The molecular formula is C21H25FO5S. The number of methoxy groups -OCH3 is 1. The molecule has 152 valence electrons. The summed E-state index contributed by atoms with van der Waals surface area (Å²) in [6.45, 7) is 3.15. The van der Waals surface area contributed by atoms with Crippen LogP contribution in [0, 0.1) is 5.82 Å². The summed E-state index contributed by atoms with van der Waals surface area (Å²) in [6, 6.07) is 11.5. The Morgan fingerprint density at radius 3 is 2.32 bits per heavy atom. The fraction of sp³-hybridized carbons (Fsp3) is 0.381. The lowest BCUT2D eigenvalue weighted by atomic mass is 9.97. The number of rotatable bonds is 8. The summed E-state index contributed by atoms with van der Waals surface area (Å²) >= 11 is 0. The number of hydrogen-bond acceptors (Lipinski definition) is 5. The molecule has 1 atom stereocenters. The number of esters is 1. The maximum atomic E-state index is 13.2. The van der Waals surface area contributed by atoms with Gasteiger partial charge in [0.2, 0.25) is 0 Å². The third kappa shape index (κ3) is 4.70. The van der Waals surface area contributed by atoms with E-state index in [0.717, 1.165) is 22.9 Å². The molecule has 2 aromatic carbocycles. The molecule has 0 radical (unpaired) electrons. The molecule has 2 aromatic rings. The first-order chi connectivity index (χ1) is 13.1. The Balaban J connectivity index is 2.29. The van der Waals surface area contributed by atoms with Crippen LogP contribution in [0.5, 0.6) is 5.75 Å². The Morgan fingerprint density at radius 2 is 1.79 bits per heavy atom. The largest absolute Gasteiger partial charge is 0.496 e. The van der Waals surface area contributed by atoms with Crippen molar-refractivity contribution in [1.82, 2.24) is 0 Å². The van der Waals surface area contributed by atoms with Crippen molar-refractivity contribution in [2.24, 2.45) is 0 Å². The minimum absolute atomic E-state index is 0.0870. The zero-order valence-electron chi connectivity index (χ0n) is 16.5. The molecule has 0 amide bonds. The average Bonchev–Trinajstić information content (AvgIpc) is 2.65. The molecule has 28 heavy (non-hydrogen) atoms. The van der Waals surface area contributed by atoms with Gasteiger partial charge in [-0.2, -0.15) is 0 Å². The first-order valence-electron chi connectivity index (χ1n) is 8.92. The van der Waals surface area contributed by atoms with Gasteiger partial charge in [0.15, 0.2) is 14.6 Å². The van der Waals surface area contributed by atoms with E-state index < -0.39 is 20.6 Å². The van der Waals surface area contributed by atoms with E-state index in [4.69, 9.17) is 9.47 Å². The molecule has 0 N–H and O–H groups in total. The van der Waals surface area contributed by atoms with Crippen molar-refractivity contribution >= 4 is 15.8 Å². The Labute approximate surface area is 165 Å². The van der Waals surface area contributed by atoms with Crippen LogP contribution >= 0.6 is 0 Å². The second kappa shape index (κ2) is 8.73. The second-order valence-electron chi connectivity index (χ2n) is 6.77. The van der Waals surface area contributed by atoms with Gasteiger partial charge in [-0.1, -0.05) is 24.3 Å². The number of carbonyl (C=O) groups excluding carboxylic acids is 1. The van der Waals surface area contributed by atoms with Gasteiger partial charge < -0.3 is 9.47 Å². The monoisotopic (exact) mass is 408 g/mol. The van der Waals surface area contributed by atoms with Gasteiger partial charge in [0.05, 0.1) is 13.7 Å². The SMILES string of the molecule is CCOC(=O)C(C)(CCc1ccc(-c2ccc(F)cc2)c(OC)c1)S(C)(=O)=O. The van der Waals surface area contributed by atoms with Crippen LogP contribution in [-0.4, -0.2) is 39.1 Å². The number of halogens is 1. The summed E-state index contributed by atoms with van der Waals surface area (Å²) in [7, 11) is -2.14. The van der Waals surface area contributed by atoms with Gasteiger partial charge in [-0.3, -0.25) is 4.79 Å². The fourth-order valence-corrected chi connectivity index (χ4v) is 3.70. The highest BCUT2D eigenvalue weighted by Crippen LogP contribution is 2.32. The molecule has 0 aliphatic rings. The predicted octanol–water partition coefficient (Wildman–Crippen LogP) is 3.80. The lowest BCUT2D eigenvalue weighted by molar-refractivity contribution is -0.146. The van der Waals surface area contributed by atoms with Gasteiger partial charge >= 0.3 is 5.97 Å². The first-order valence-corrected chi connectivity index (χ1v) is 10.8. The van der Waals surface area contributed by atoms with Gasteiger partial charge in [-0.25, -0.2) is 12.8 Å². The van der Waals surface area contributed by atoms with Gasteiger partial charge in [0, 0.05) is 11.8 Å². The molecule has 7 heteroatoms. The first kappa shape index (κ1) is 21.9. The topological polar surface area (TPSA) is 69.7 Å². The maximum Gasteiger partial charge on any atom is 0.327 e. The van der Waals surface area contributed by atoms with Crippen molar-refractivity contribution in [3.05, 3.63) is 53.8 Å². The van der Waals surface area contributed by atoms with E-state index in [-0.39, 0.29) is 18.8 Å². The molecule has 0 aromatic heterocycles. The van der Waals surface area contributed by atoms with Crippen LogP contribution in [0.25, 0.3) is 11.1 Å². The van der Waals surface area contributed by atoms with E-state index in [9.17, 15) is 17.6 Å². The van der Waals surface area contributed by atoms with E-state index in [1.54, 1.807) is 25.1 Å². The molecule has 0 saturated carbocycles. The minimum atomic E-state index is -3.67. The summed E-state index contributed by atoms with van der Waals surface area (Å²) in [5, 5.41) is 0. The zero-order chi connectivity index (χ0) is 20.9. The van der Waals surface area contributed by atoms with Crippen LogP contribution in [0.4, 0.5) is 4.39 Å². The Kier molecular flexibility index (Phi) is 6.82. The molecular weight excluding hydrogens is 383 g/mol. The Hall–Kier alpha value is -2.41. The van der Waals surface area contributed by atoms with E-state index in [2.05, 4.69) is 0 Å². The van der Waals surface area contributed by atoms with Gasteiger partial charge in [-0.05, 0) is 56.0 Å². The third-order valence-corrected chi connectivity index (χ3v) is 6.85. The van der Waals surface area contributed by atoms with E-state index in [1.165, 1.54) is 26.2 Å². The third-order valence-electron chi connectivity index (χ3n) is 4.84. The van der Waals surface area contributed by atoms with Crippen molar-refractivity contribution in [3.63, 3.8) is 0 Å². The highest BCUT2D eigenvalue weighted by Gasteiger charge is 2.44. The predicted molar refractivity (Wildman–Crippen MR) is 107 cm³/mol. The van der Waals surface area contributed by atoms with Crippen molar-refractivity contribution in [3.8, 4) is 16.9 Å². The fourth-order valence-electron chi connectivity index (χ4n) is 2.86. The van der Waals surface area contributed by atoms with Crippen LogP contribution in [-0.2, 0) is 25.8 Å². The van der Waals surface area contributed by atoms with E-state index in [0.29, 0.717) is 12.2 Å². The summed E-state index contributed by atoms with van der Waals surface area (Å²) < 4.78 is 46.4. The summed E-state index contributed by atoms with van der Waals surface area (Å²) in [5.41, 5.74) is 2.42. The van der Waals surface area contributed by atoms with Crippen LogP contribution in [0.3, 0.4) is 0 Å². The number of ether oxygens (including phenoxy) is 2. The maximum absolute atomic E-state index is 13.2. The van der Waals surface area contributed by atoms with Gasteiger partial charge in [0.25, 0.3) is 0 Å². The van der Waals surface area contributed by atoms with E-state index in [1.807, 2.05) is 12.1 Å². The van der Waals surface area contributed by atoms with Crippen molar-refractivity contribution < 1.29 is 27.1 Å². The van der Waals surface area contributed by atoms with E-state index >= 15 is 0 Å². The summed E-state index contributed by atoms with van der Waals surface area (Å²) in [5.74, 6) is -0.480. The number of hydrogen-bond donors (Lipinski definition) is 0. The normalized spacial score (nSPS) is 13.6.